The molecule has 1 aromatic carbocycles. The highest BCUT2D eigenvalue weighted by Crippen LogP contribution is 2.28. The van der Waals surface area contributed by atoms with Crippen molar-refractivity contribution in [1.82, 2.24) is 0 Å². The summed E-state index contributed by atoms with van der Waals surface area (Å²) < 4.78 is 24.5. The van der Waals surface area contributed by atoms with Crippen molar-refractivity contribution in [3.05, 3.63) is 51.2 Å². The lowest BCUT2D eigenvalue weighted by Crippen LogP contribution is -2.10. The van der Waals surface area contributed by atoms with Gasteiger partial charge in [-0.05, 0) is 23.6 Å². The summed E-state index contributed by atoms with van der Waals surface area (Å²) in [7, 11) is -3.74. The van der Waals surface area contributed by atoms with Gasteiger partial charge in [-0.3, -0.25) is 0 Å². The fourth-order valence-corrected chi connectivity index (χ4v) is 4.73. The van der Waals surface area contributed by atoms with E-state index in [1.807, 2.05) is 0 Å². The molecule has 0 saturated heterocycles. The molecule has 0 atom stereocenters. The number of carboxylic acid groups (broad SMARTS) is 1. The van der Waals surface area contributed by atoms with Gasteiger partial charge in [-0.15, -0.1) is 11.3 Å². The lowest BCUT2D eigenvalue weighted by Gasteiger charge is -2.06. The molecule has 0 spiro atoms. The van der Waals surface area contributed by atoms with Gasteiger partial charge < -0.3 is 5.11 Å². The Hall–Kier alpha value is -1.37. The van der Waals surface area contributed by atoms with Crippen LogP contribution >= 0.6 is 22.9 Å². The fourth-order valence-electron chi connectivity index (χ4n) is 1.59. The number of carboxylic acids is 1. The average Bonchev–Trinajstić information content (AvgIpc) is 2.74. The number of thiophene rings is 1. The molecule has 19 heavy (non-hydrogen) atoms. The van der Waals surface area contributed by atoms with Crippen molar-refractivity contribution in [1.29, 1.82) is 0 Å². The molecule has 0 saturated carbocycles. The van der Waals surface area contributed by atoms with Crippen LogP contribution in [0.4, 0.5) is 0 Å². The Morgan fingerprint density at radius 3 is 2.53 bits per heavy atom. The van der Waals surface area contributed by atoms with E-state index in [1.165, 1.54) is 35.6 Å². The monoisotopic (exact) mass is 316 g/mol. The Labute approximate surface area is 119 Å². The summed E-state index contributed by atoms with van der Waals surface area (Å²) in [6, 6.07) is 7.15. The molecule has 1 N–H and O–H groups in total. The van der Waals surface area contributed by atoms with Gasteiger partial charge in [0.1, 0.15) is 0 Å². The highest BCUT2D eigenvalue weighted by molar-refractivity contribution is 7.90. The van der Waals surface area contributed by atoms with Crippen molar-refractivity contribution in [2.75, 3.05) is 0 Å². The normalized spacial score (nSPS) is 11.4. The smallest absolute Gasteiger partial charge is 0.337 e. The quantitative estimate of drug-likeness (QED) is 0.941. The first kappa shape index (κ1) is 14.0. The Morgan fingerprint density at radius 1 is 1.26 bits per heavy atom. The summed E-state index contributed by atoms with van der Waals surface area (Å²) in [5, 5.41) is 11.1. The predicted octanol–water partition coefficient (Wildman–Crippen LogP) is 3.07. The van der Waals surface area contributed by atoms with Gasteiger partial charge in [-0.2, -0.15) is 0 Å². The van der Waals surface area contributed by atoms with E-state index < -0.39 is 15.8 Å². The Kier molecular flexibility index (Phi) is 3.93. The number of hydrogen-bond acceptors (Lipinski definition) is 4. The molecular weight excluding hydrogens is 308 g/mol. The summed E-state index contributed by atoms with van der Waals surface area (Å²) >= 11 is 7.09. The van der Waals surface area contributed by atoms with E-state index in [2.05, 4.69) is 0 Å². The van der Waals surface area contributed by atoms with Gasteiger partial charge in [0.05, 0.1) is 21.2 Å². The lowest BCUT2D eigenvalue weighted by atomic mass is 10.2. The van der Waals surface area contributed by atoms with Crippen LogP contribution in [-0.4, -0.2) is 19.5 Å². The van der Waals surface area contributed by atoms with E-state index in [0.29, 0.717) is 9.90 Å². The zero-order chi connectivity index (χ0) is 14.0. The van der Waals surface area contributed by atoms with Crippen molar-refractivity contribution in [3.63, 3.8) is 0 Å². The van der Waals surface area contributed by atoms with Gasteiger partial charge in [0.25, 0.3) is 0 Å². The third-order valence-corrected chi connectivity index (χ3v) is 5.73. The second-order valence-corrected chi connectivity index (χ2v) is 7.12. The fraction of sp³-hybridized carbons (Fsp3) is 0.0833. The van der Waals surface area contributed by atoms with Gasteiger partial charge in [-0.1, -0.05) is 23.7 Å². The second kappa shape index (κ2) is 5.32. The van der Waals surface area contributed by atoms with Crippen molar-refractivity contribution in [2.45, 2.75) is 10.6 Å². The molecule has 2 rings (SSSR count). The third kappa shape index (κ3) is 2.97. The minimum atomic E-state index is -3.74. The number of carbonyl (C=O) groups is 1. The maximum absolute atomic E-state index is 12.3. The highest BCUT2D eigenvalue weighted by atomic mass is 35.5. The molecule has 1 heterocycles. The molecule has 1 aromatic heterocycles. The molecule has 2 aromatic rings. The van der Waals surface area contributed by atoms with Gasteiger partial charge in [0.15, 0.2) is 9.84 Å². The molecule has 4 nitrogen and oxygen atoms in total. The van der Waals surface area contributed by atoms with Gasteiger partial charge in [0, 0.05) is 4.88 Å². The van der Waals surface area contributed by atoms with Crippen LogP contribution in [0.3, 0.4) is 0 Å². The Morgan fingerprint density at radius 2 is 1.95 bits per heavy atom. The van der Waals surface area contributed by atoms with E-state index in [1.54, 1.807) is 11.4 Å². The molecule has 0 aliphatic carbocycles. The van der Waals surface area contributed by atoms with E-state index in [-0.39, 0.29) is 16.2 Å². The summed E-state index contributed by atoms with van der Waals surface area (Å²) in [4.78, 5) is 11.4. The SMILES string of the molecule is O=C(O)c1ccccc1S(=O)(=O)Cc1sccc1Cl. The molecule has 0 fully saturated rings. The summed E-state index contributed by atoms with van der Waals surface area (Å²) in [6.07, 6.45) is 0. The topological polar surface area (TPSA) is 71.4 Å². The van der Waals surface area contributed by atoms with Crippen molar-refractivity contribution in [2.24, 2.45) is 0 Å². The zero-order valence-electron chi connectivity index (χ0n) is 9.54. The second-order valence-electron chi connectivity index (χ2n) is 3.75. The van der Waals surface area contributed by atoms with Gasteiger partial charge >= 0.3 is 5.97 Å². The molecule has 0 aliphatic heterocycles. The molecule has 0 amide bonds. The van der Waals surface area contributed by atoms with Crippen LogP contribution in [0, 0.1) is 0 Å². The van der Waals surface area contributed by atoms with E-state index in [4.69, 9.17) is 16.7 Å². The number of rotatable bonds is 4. The first-order chi connectivity index (χ1) is 8.92. The van der Waals surface area contributed by atoms with Crippen LogP contribution in [0.1, 0.15) is 15.2 Å². The first-order valence-corrected chi connectivity index (χ1v) is 8.10. The van der Waals surface area contributed by atoms with Crippen molar-refractivity contribution in [3.8, 4) is 0 Å². The molecule has 100 valence electrons. The van der Waals surface area contributed by atoms with E-state index in [0.717, 1.165) is 0 Å². The van der Waals surface area contributed by atoms with Crippen LogP contribution in [-0.2, 0) is 15.6 Å². The van der Waals surface area contributed by atoms with Crippen LogP contribution in [0.25, 0.3) is 0 Å². The third-order valence-electron chi connectivity index (χ3n) is 2.46. The number of benzene rings is 1. The molecular formula is C12H9ClO4S2. The maximum Gasteiger partial charge on any atom is 0.337 e. The number of hydrogen-bond donors (Lipinski definition) is 1. The van der Waals surface area contributed by atoms with Crippen molar-refractivity contribution >= 4 is 38.7 Å². The Bertz CT molecular complexity index is 719. The van der Waals surface area contributed by atoms with Gasteiger partial charge in [-0.25, -0.2) is 13.2 Å². The minimum Gasteiger partial charge on any atom is -0.478 e. The average molecular weight is 317 g/mol. The lowest BCUT2D eigenvalue weighted by molar-refractivity contribution is 0.0692. The van der Waals surface area contributed by atoms with E-state index >= 15 is 0 Å². The zero-order valence-corrected chi connectivity index (χ0v) is 11.9. The van der Waals surface area contributed by atoms with Crippen molar-refractivity contribution < 1.29 is 18.3 Å². The Balaban J connectivity index is 2.46. The highest BCUT2D eigenvalue weighted by Gasteiger charge is 2.23. The van der Waals surface area contributed by atoms with Crippen LogP contribution in [0.2, 0.25) is 5.02 Å². The number of aromatic carboxylic acids is 1. The largest absolute Gasteiger partial charge is 0.478 e. The summed E-state index contributed by atoms with van der Waals surface area (Å²) in [5.41, 5.74) is -0.227. The maximum atomic E-state index is 12.3. The number of halogens is 1. The van der Waals surface area contributed by atoms with E-state index in [9.17, 15) is 13.2 Å². The summed E-state index contributed by atoms with van der Waals surface area (Å²) in [6.45, 7) is 0. The number of sulfone groups is 1. The standard InChI is InChI=1S/C12H9ClO4S2/c13-9-5-6-18-10(9)7-19(16,17)11-4-2-1-3-8(11)12(14)15/h1-6H,7H2,(H,14,15). The van der Waals surface area contributed by atoms with Gasteiger partial charge in [0.2, 0.25) is 0 Å². The van der Waals surface area contributed by atoms with Crippen LogP contribution in [0.15, 0.2) is 40.6 Å². The molecule has 0 unspecified atom stereocenters. The summed E-state index contributed by atoms with van der Waals surface area (Å²) in [5.74, 6) is -1.56. The molecule has 0 aliphatic rings. The first-order valence-electron chi connectivity index (χ1n) is 5.19. The molecule has 0 bridgehead atoms. The minimum absolute atomic E-state index is 0.188. The van der Waals surface area contributed by atoms with Crippen LogP contribution in [0.5, 0.6) is 0 Å². The molecule has 0 radical (unpaired) electrons. The predicted molar refractivity (Wildman–Crippen MR) is 73.6 cm³/mol. The van der Waals surface area contributed by atoms with Crippen LogP contribution < -0.4 is 0 Å². The molecule has 7 heteroatoms.